The number of benzene rings is 1. The zero-order valence-corrected chi connectivity index (χ0v) is 9.44. The van der Waals surface area contributed by atoms with Gasteiger partial charge in [0.05, 0.1) is 6.10 Å². The molecule has 1 aromatic rings. The van der Waals surface area contributed by atoms with E-state index >= 15 is 0 Å². The van der Waals surface area contributed by atoms with Crippen LogP contribution in [0.25, 0.3) is 0 Å². The summed E-state index contributed by atoms with van der Waals surface area (Å²) < 4.78 is 5.69. The Balaban J connectivity index is 2.85. The van der Waals surface area contributed by atoms with Crippen molar-refractivity contribution >= 4 is 0 Å². The number of hydrogen-bond acceptors (Lipinski definition) is 3. The Morgan fingerprint density at radius 3 is 2.53 bits per heavy atom. The molecule has 0 spiro atoms. The molecule has 0 aliphatic carbocycles. The topological polar surface area (TPSA) is 61.3 Å². The van der Waals surface area contributed by atoms with E-state index in [4.69, 9.17) is 16.2 Å². The zero-order valence-electron chi connectivity index (χ0n) is 9.44. The van der Waals surface area contributed by atoms with Crippen LogP contribution in [0.1, 0.15) is 31.9 Å². The van der Waals surface area contributed by atoms with Crippen molar-refractivity contribution in [1.82, 2.24) is 0 Å². The molecule has 1 aromatic carbocycles. The first-order valence-corrected chi connectivity index (χ1v) is 5.36. The SMILES string of the molecule is CC(C)Oc1ccccc1[C@@H](N)CCN. The van der Waals surface area contributed by atoms with Crippen molar-refractivity contribution in [2.24, 2.45) is 11.5 Å². The lowest BCUT2D eigenvalue weighted by atomic mass is 10.0. The van der Waals surface area contributed by atoms with Crippen LogP contribution in [-0.2, 0) is 0 Å². The summed E-state index contributed by atoms with van der Waals surface area (Å²) in [6.07, 6.45) is 0.939. The number of ether oxygens (including phenoxy) is 1. The Labute approximate surface area is 91.4 Å². The van der Waals surface area contributed by atoms with Gasteiger partial charge in [-0.1, -0.05) is 18.2 Å². The Kier molecular flexibility index (Phi) is 4.59. The molecule has 0 aromatic heterocycles. The molecule has 1 rings (SSSR count). The highest BCUT2D eigenvalue weighted by atomic mass is 16.5. The van der Waals surface area contributed by atoms with Gasteiger partial charge in [0, 0.05) is 11.6 Å². The summed E-state index contributed by atoms with van der Waals surface area (Å²) in [7, 11) is 0. The van der Waals surface area contributed by atoms with Gasteiger partial charge in [0.25, 0.3) is 0 Å². The smallest absolute Gasteiger partial charge is 0.124 e. The molecule has 0 aliphatic rings. The summed E-state index contributed by atoms with van der Waals surface area (Å²) in [4.78, 5) is 0. The minimum atomic E-state index is -0.0371. The first-order chi connectivity index (χ1) is 7.15. The monoisotopic (exact) mass is 208 g/mol. The molecule has 15 heavy (non-hydrogen) atoms. The lowest BCUT2D eigenvalue weighted by Crippen LogP contribution is -2.17. The lowest BCUT2D eigenvalue weighted by molar-refractivity contribution is 0.238. The lowest BCUT2D eigenvalue weighted by Gasteiger charge is -2.18. The van der Waals surface area contributed by atoms with Gasteiger partial charge in [-0.25, -0.2) is 0 Å². The average molecular weight is 208 g/mol. The number of para-hydroxylation sites is 1. The van der Waals surface area contributed by atoms with E-state index in [2.05, 4.69) is 0 Å². The molecule has 84 valence electrons. The molecule has 0 radical (unpaired) electrons. The van der Waals surface area contributed by atoms with Crippen LogP contribution >= 0.6 is 0 Å². The second kappa shape index (κ2) is 5.73. The average Bonchev–Trinajstić information content (AvgIpc) is 2.18. The first kappa shape index (κ1) is 12.0. The van der Waals surface area contributed by atoms with E-state index in [9.17, 15) is 0 Å². The number of hydrogen-bond donors (Lipinski definition) is 2. The van der Waals surface area contributed by atoms with E-state index in [-0.39, 0.29) is 12.1 Å². The van der Waals surface area contributed by atoms with Crippen molar-refractivity contribution in [3.63, 3.8) is 0 Å². The molecular weight excluding hydrogens is 188 g/mol. The largest absolute Gasteiger partial charge is 0.491 e. The van der Waals surface area contributed by atoms with Crippen molar-refractivity contribution in [2.45, 2.75) is 32.4 Å². The summed E-state index contributed by atoms with van der Waals surface area (Å²) in [6, 6.07) is 7.84. The molecule has 0 fully saturated rings. The van der Waals surface area contributed by atoms with Gasteiger partial charge in [0.1, 0.15) is 5.75 Å². The first-order valence-electron chi connectivity index (χ1n) is 5.36. The predicted molar refractivity (Wildman–Crippen MR) is 62.8 cm³/mol. The van der Waals surface area contributed by atoms with Gasteiger partial charge in [-0.05, 0) is 32.9 Å². The maximum Gasteiger partial charge on any atom is 0.124 e. The molecule has 1 atom stereocenters. The molecule has 0 amide bonds. The van der Waals surface area contributed by atoms with Crippen molar-refractivity contribution in [1.29, 1.82) is 0 Å². The molecule has 0 saturated carbocycles. The van der Waals surface area contributed by atoms with Gasteiger partial charge in [-0.3, -0.25) is 0 Å². The van der Waals surface area contributed by atoms with Crippen LogP contribution in [0.2, 0.25) is 0 Å². The van der Waals surface area contributed by atoms with Gasteiger partial charge >= 0.3 is 0 Å². The van der Waals surface area contributed by atoms with Crippen molar-refractivity contribution in [3.05, 3.63) is 29.8 Å². The van der Waals surface area contributed by atoms with E-state index in [1.165, 1.54) is 0 Å². The Morgan fingerprint density at radius 2 is 1.93 bits per heavy atom. The molecule has 0 bridgehead atoms. The molecular formula is C12H20N2O. The van der Waals surface area contributed by atoms with Gasteiger partial charge < -0.3 is 16.2 Å². The summed E-state index contributed by atoms with van der Waals surface area (Å²) >= 11 is 0. The third-order valence-corrected chi connectivity index (χ3v) is 2.16. The maximum atomic E-state index is 6.02. The molecule has 0 heterocycles. The minimum absolute atomic E-state index is 0.0371. The Hall–Kier alpha value is -1.06. The van der Waals surface area contributed by atoms with E-state index in [1.54, 1.807) is 0 Å². The van der Waals surface area contributed by atoms with Crippen molar-refractivity contribution < 1.29 is 4.74 Å². The highest BCUT2D eigenvalue weighted by Crippen LogP contribution is 2.25. The van der Waals surface area contributed by atoms with Crippen LogP contribution in [0.4, 0.5) is 0 Å². The van der Waals surface area contributed by atoms with Crippen molar-refractivity contribution in [2.75, 3.05) is 6.54 Å². The van der Waals surface area contributed by atoms with Gasteiger partial charge in [0.2, 0.25) is 0 Å². The summed E-state index contributed by atoms with van der Waals surface area (Å²) in [6.45, 7) is 4.60. The van der Waals surface area contributed by atoms with Crippen LogP contribution in [0, 0.1) is 0 Å². The van der Waals surface area contributed by atoms with Crippen LogP contribution in [0.5, 0.6) is 5.75 Å². The third kappa shape index (κ3) is 3.53. The fraction of sp³-hybridized carbons (Fsp3) is 0.500. The van der Waals surface area contributed by atoms with Gasteiger partial charge in [-0.2, -0.15) is 0 Å². The molecule has 0 unspecified atom stereocenters. The van der Waals surface area contributed by atoms with Crippen LogP contribution in [0.3, 0.4) is 0 Å². The van der Waals surface area contributed by atoms with E-state index < -0.39 is 0 Å². The standard InChI is InChI=1S/C12H20N2O/c1-9(2)15-12-6-4-3-5-10(12)11(14)7-8-13/h3-6,9,11H,7-8,13-14H2,1-2H3/t11-/m0/s1. The van der Waals surface area contributed by atoms with Crippen LogP contribution in [-0.4, -0.2) is 12.6 Å². The fourth-order valence-electron chi connectivity index (χ4n) is 1.48. The zero-order chi connectivity index (χ0) is 11.3. The minimum Gasteiger partial charge on any atom is -0.491 e. The molecule has 0 saturated heterocycles. The predicted octanol–water partition coefficient (Wildman–Crippen LogP) is 1.82. The normalized spacial score (nSPS) is 12.9. The summed E-state index contributed by atoms with van der Waals surface area (Å²) in [5, 5.41) is 0. The van der Waals surface area contributed by atoms with Gasteiger partial charge in [-0.15, -0.1) is 0 Å². The van der Waals surface area contributed by atoms with E-state index in [1.807, 2.05) is 38.1 Å². The number of nitrogens with two attached hydrogens (primary N) is 2. The highest BCUT2D eigenvalue weighted by molar-refractivity contribution is 5.35. The fourth-order valence-corrected chi connectivity index (χ4v) is 1.48. The Bertz CT molecular complexity index is 299. The molecule has 3 nitrogen and oxygen atoms in total. The Morgan fingerprint density at radius 1 is 1.27 bits per heavy atom. The quantitative estimate of drug-likeness (QED) is 0.776. The second-order valence-electron chi connectivity index (χ2n) is 3.89. The highest BCUT2D eigenvalue weighted by Gasteiger charge is 2.11. The summed E-state index contributed by atoms with van der Waals surface area (Å²) in [5.41, 5.74) is 12.6. The molecule has 0 aliphatic heterocycles. The maximum absolute atomic E-state index is 6.02. The molecule has 3 heteroatoms. The van der Waals surface area contributed by atoms with Crippen LogP contribution < -0.4 is 16.2 Å². The van der Waals surface area contributed by atoms with Crippen LogP contribution in [0.15, 0.2) is 24.3 Å². The number of rotatable bonds is 5. The van der Waals surface area contributed by atoms with Crippen molar-refractivity contribution in [3.8, 4) is 5.75 Å². The summed E-state index contributed by atoms with van der Waals surface area (Å²) in [5.74, 6) is 0.869. The molecule has 4 N–H and O–H groups in total. The van der Waals surface area contributed by atoms with E-state index in [0.717, 1.165) is 17.7 Å². The second-order valence-corrected chi connectivity index (χ2v) is 3.89. The van der Waals surface area contributed by atoms with E-state index in [0.29, 0.717) is 6.54 Å². The third-order valence-electron chi connectivity index (χ3n) is 2.16. The van der Waals surface area contributed by atoms with Gasteiger partial charge in [0.15, 0.2) is 0 Å².